The van der Waals surface area contributed by atoms with Gasteiger partial charge in [0.1, 0.15) is 5.75 Å². The summed E-state index contributed by atoms with van der Waals surface area (Å²) in [6.07, 6.45) is 0.160. The van der Waals surface area contributed by atoms with Crippen molar-refractivity contribution in [1.29, 1.82) is 0 Å². The SMILES string of the molecule is COc1ccc(NC(=O)C2CC(=O)N(c3cccc(-c4noc(C)n4)c3)C2)cc1. The van der Waals surface area contributed by atoms with Crippen molar-refractivity contribution in [2.24, 2.45) is 5.92 Å². The quantitative estimate of drug-likeness (QED) is 0.717. The van der Waals surface area contributed by atoms with E-state index < -0.39 is 5.92 Å². The minimum atomic E-state index is -0.430. The van der Waals surface area contributed by atoms with Gasteiger partial charge in [0.2, 0.25) is 23.5 Å². The summed E-state index contributed by atoms with van der Waals surface area (Å²) < 4.78 is 10.1. The van der Waals surface area contributed by atoms with Crippen molar-refractivity contribution < 1.29 is 18.8 Å². The number of amides is 2. The molecule has 148 valence electrons. The number of nitrogens with one attached hydrogen (secondary N) is 1. The van der Waals surface area contributed by atoms with Gasteiger partial charge in [0.15, 0.2) is 0 Å². The highest BCUT2D eigenvalue weighted by molar-refractivity contribution is 6.03. The van der Waals surface area contributed by atoms with Crippen molar-refractivity contribution in [3.05, 3.63) is 54.4 Å². The van der Waals surface area contributed by atoms with Crippen LogP contribution in [-0.4, -0.2) is 35.6 Å². The van der Waals surface area contributed by atoms with E-state index in [1.807, 2.05) is 24.3 Å². The topological polar surface area (TPSA) is 97.6 Å². The van der Waals surface area contributed by atoms with Crippen LogP contribution in [0.25, 0.3) is 11.4 Å². The molecule has 0 bridgehead atoms. The van der Waals surface area contributed by atoms with Gasteiger partial charge in [0, 0.05) is 36.8 Å². The molecular formula is C21H20N4O4. The van der Waals surface area contributed by atoms with Crippen LogP contribution < -0.4 is 15.0 Å². The highest BCUT2D eigenvalue weighted by Gasteiger charge is 2.35. The molecule has 0 spiro atoms. The number of anilines is 2. The van der Waals surface area contributed by atoms with Crippen LogP contribution in [0.5, 0.6) is 5.75 Å². The fourth-order valence-electron chi connectivity index (χ4n) is 3.28. The third kappa shape index (κ3) is 3.96. The summed E-state index contributed by atoms with van der Waals surface area (Å²) in [7, 11) is 1.58. The number of benzene rings is 2. The number of carbonyl (C=O) groups excluding carboxylic acids is 2. The number of hydrogen-bond acceptors (Lipinski definition) is 6. The summed E-state index contributed by atoms with van der Waals surface area (Å²) in [5, 5.41) is 6.77. The molecule has 1 unspecified atom stereocenters. The van der Waals surface area contributed by atoms with Crippen LogP contribution in [0, 0.1) is 12.8 Å². The second-order valence-corrected chi connectivity index (χ2v) is 6.81. The maximum Gasteiger partial charge on any atom is 0.229 e. The van der Waals surface area contributed by atoms with Crippen LogP contribution >= 0.6 is 0 Å². The van der Waals surface area contributed by atoms with Crippen LogP contribution in [0.3, 0.4) is 0 Å². The first kappa shape index (κ1) is 18.7. The van der Waals surface area contributed by atoms with Crippen LogP contribution in [0.4, 0.5) is 11.4 Å². The number of ether oxygens (including phenoxy) is 1. The van der Waals surface area contributed by atoms with Gasteiger partial charge in [-0.25, -0.2) is 0 Å². The number of nitrogens with zero attached hydrogens (tertiary/aromatic N) is 3. The Morgan fingerprint density at radius 1 is 1.24 bits per heavy atom. The van der Waals surface area contributed by atoms with Crippen LogP contribution in [0.15, 0.2) is 53.1 Å². The molecule has 29 heavy (non-hydrogen) atoms. The van der Waals surface area contributed by atoms with Crippen molar-refractivity contribution in [2.45, 2.75) is 13.3 Å². The number of carbonyl (C=O) groups is 2. The van der Waals surface area contributed by atoms with E-state index in [1.54, 1.807) is 43.2 Å². The highest BCUT2D eigenvalue weighted by atomic mass is 16.5. The van der Waals surface area contributed by atoms with E-state index in [2.05, 4.69) is 15.5 Å². The summed E-state index contributed by atoms with van der Waals surface area (Å²) >= 11 is 0. The van der Waals surface area contributed by atoms with Gasteiger partial charge in [0.05, 0.1) is 13.0 Å². The van der Waals surface area contributed by atoms with Crippen molar-refractivity contribution >= 4 is 23.2 Å². The third-order valence-corrected chi connectivity index (χ3v) is 4.80. The maximum absolute atomic E-state index is 12.6. The van der Waals surface area contributed by atoms with Crippen LogP contribution in [0.2, 0.25) is 0 Å². The van der Waals surface area contributed by atoms with Crippen molar-refractivity contribution in [3.63, 3.8) is 0 Å². The van der Waals surface area contributed by atoms with Gasteiger partial charge in [-0.3, -0.25) is 9.59 Å². The lowest BCUT2D eigenvalue weighted by Crippen LogP contribution is -2.28. The highest BCUT2D eigenvalue weighted by Crippen LogP contribution is 2.29. The monoisotopic (exact) mass is 392 g/mol. The predicted octanol–water partition coefficient (Wildman–Crippen LogP) is 3.05. The predicted molar refractivity (Wildman–Crippen MR) is 107 cm³/mol. The van der Waals surface area contributed by atoms with E-state index in [0.717, 1.165) is 5.56 Å². The van der Waals surface area contributed by atoms with Gasteiger partial charge >= 0.3 is 0 Å². The number of rotatable bonds is 5. The average Bonchev–Trinajstić information content (AvgIpc) is 3.34. The molecule has 1 aliphatic rings. The minimum Gasteiger partial charge on any atom is -0.497 e. The molecule has 1 atom stereocenters. The van der Waals surface area contributed by atoms with Gasteiger partial charge < -0.3 is 19.5 Å². The molecule has 1 saturated heterocycles. The molecule has 0 aliphatic carbocycles. The molecule has 0 saturated carbocycles. The number of hydrogen-bond donors (Lipinski definition) is 1. The Morgan fingerprint density at radius 3 is 2.72 bits per heavy atom. The lowest BCUT2D eigenvalue weighted by Gasteiger charge is -2.17. The summed E-state index contributed by atoms with van der Waals surface area (Å²) in [5.74, 6) is 0.933. The van der Waals surface area contributed by atoms with Gasteiger partial charge in [0.25, 0.3) is 0 Å². The second-order valence-electron chi connectivity index (χ2n) is 6.81. The molecule has 1 fully saturated rings. The molecule has 2 heterocycles. The van der Waals surface area contributed by atoms with Crippen LogP contribution in [-0.2, 0) is 9.59 Å². The zero-order valence-corrected chi connectivity index (χ0v) is 16.1. The molecule has 1 N–H and O–H groups in total. The molecule has 8 nitrogen and oxygen atoms in total. The zero-order valence-electron chi connectivity index (χ0n) is 16.1. The lowest BCUT2D eigenvalue weighted by molar-refractivity contribution is -0.122. The first-order chi connectivity index (χ1) is 14.0. The van der Waals surface area contributed by atoms with Gasteiger partial charge in [-0.05, 0) is 36.4 Å². The standard InChI is InChI=1S/C21H20N4O4/c1-13-22-20(24-29-13)14-4-3-5-17(10-14)25-12-15(11-19(25)26)21(27)23-16-6-8-18(28-2)9-7-16/h3-10,15H,11-12H2,1-2H3,(H,23,27). The minimum absolute atomic E-state index is 0.0960. The first-order valence-electron chi connectivity index (χ1n) is 9.19. The summed E-state index contributed by atoms with van der Waals surface area (Å²) in [4.78, 5) is 31.0. The summed E-state index contributed by atoms with van der Waals surface area (Å²) in [6, 6.07) is 14.4. The second kappa shape index (κ2) is 7.75. The van der Waals surface area contributed by atoms with E-state index in [9.17, 15) is 9.59 Å². The van der Waals surface area contributed by atoms with E-state index in [4.69, 9.17) is 9.26 Å². The number of methoxy groups -OCH3 is 1. The van der Waals surface area contributed by atoms with Gasteiger partial charge in [-0.15, -0.1) is 0 Å². The maximum atomic E-state index is 12.6. The molecule has 2 amide bonds. The molecule has 8 heteroatoms. The van der Waals surface area contributed by atoms with E-state index in [-0.39, 0.29) is 18.2 Å². The fourth-order valence-corrected chi connectivity index (χ4v) is 3.28. The summed E-state index contributed by atoms with van der Waals surface area (Å²) in [5.41, 5.74) is 2.11. The molecule has 1 aromatic heterocycles. The largest absolute Gasteiger partial charge is 0.497 e. The number of aromatic nitrogens is 2. The van der Waals surface area contributed by atoms with Crippen molar-refractivity contribution in [2.75, 3.05) is 23.9 Å². The van der Waals surface area contributed by atoms with E-state index in [0.29, 0.717) is 35.4 Å². The van der Waals surface area contributed by atoms with Gasteiger partial charge in [-0.2, -0.15) is 4.98 Å². The molecular weight excluding hydrogens is 372 g/mol. The zero-order chi connectivity index (χ0) is 20.4. The first-order valence-corrected chi connectivity index (χ1v) is 9.19. The molecule has 1 aliphatic heterocycles. The molecule has 4 rings (SSSR count). The Balaban J connectivity index is 1.47. The summed E-state index contributed by atoms with van der Waals surface area (Å²) in [6.45, 7) is 2.03. The molecule has 0 radical (unpaired) electrons. The van der Waals surface area contributed by atoms with Crippen molar-refractivity contribution in [3.8, 4) is 17.1 Å². The fraction of sp³-hybridized carbons (Fsp3) is 0.238. The molecule has 2 aromatic carbocycles. The van der Waals surface area contributed by atoms with Crippen LogP contribution in [0.1, 0.15) is 12.3 Å². The average molecular weight is 392 g/mol. The Morgan fingerprint density at radius 2 is 2.03 bits per heavy atom. The Kier molecular flexibility index (Phi) is 4.99. The van der Waals surface area contributed by atoms with Crippen molar-refractivity contribution in [1.82, 2.24) is 10.1 Å². The Hall–Kier alpha value is -3.68. The lowest BCUT2D eigenvalue weighted by atomic mass is 10.1. The van der Waals surface area contributed by atoms with E-state index >= 15 is 0 Å². The smallest absolute Gasteiger partial charge is 0.229 e. The third-order valence-electron chi connectivity index (χ3n) is 4.80. The Labute approximate surface area is 167 Å². The normalized spacial score (nSPS) is 16.1. The molecule has 3 aromatic rings. The van der Waals surface area contributed by atoms with E-state index in [1.165, 1.54) is 0 Å². The van der Waals surface area contributed by atoms with Gasteiger partial charge in [-0.1, -0.05) is 17.3 Å². The Bertz CT molecular complexity index is 1040. The number of aryl methyl sites for hydroxylation is 1.